The molecule has 1 aromatic rings. The van der Waals surface area contributed by atoms with Gasteiger partial charge in [0.15, 0.2) is 0 Å². The van der Waals surface area contributed by atoms with Crippen molar-refractivity contribution in [2.45, 2.75) is 12.8 Å². The van der Waals surface area contributed by atoms with Gasteiger partial charge in [0.1, 0.15) is 5.75 Å². The number of phenols is 1. The van der Waals surface area contributed by atoms with Crippen LogP contribution in [0.3, 0.4) is 0 Å². The Kier molecular flexibility index (Phi) is 4.47. The first kappa shape index (κ1) is 12.2. The van der Waals surface area contributed by atoms with Gasteiger partial charge >= 0.3 is 11.9 Å². The molecule has 0 aliphatic heterocycles. The molecule has 16 heavy (non-hydrogen) atoms. The SMILES string of the molecule is NCC(=O)OC(=O)CCc1ccc(O)cc1. The smallest absolute Gasteiger partial charge is 0.327 e. The first-order chi connectivity index (χ1) is 7.61. The fraction of sp³-hybridized carbons (Fsp3) is 0.273. The van der Waals surface area contributed by atoms with Crippen LogP contribution in [0.15, 0.2) is 24.3 Å². The summed E-state index contributed by atoms with van der Waals surface area (Å²) in [6.07, 6.45) is 0.563. The van der Waals surface area contributed by atoms with Crippen LogP contribution in [0.25, 0.3) is 0 Å². The zero-order valence-corrected chi connectivity index (χ0v) is 8.68. The van der Waals surface area contributed by atoms with Crippen LogP contribution < -0.4 is 5.73 Å². The van der Waals surface area contributed by atoms with E-state index in [1.54, 1.807) is 12.1 Å². The van der Waals surface area contributed by atoms with Gasteiger partial charge in [-0.15, -0.1) is 0 Å². The minimum Gasteiger partial charge on any atom is -0.508 e. The van der Waals surface area contributed by atoms with Gasteiger partial charge in [-0.05, 0) is 24.1 Å². The van der Waals surface area contributed by atoms with E-state index < -0.39 is 11.9 Å². The van der Waals surface area contributed by atoms with E-state index in [1.165, 1.54) is 12.1 Å². The molecule has 0 aliphatic rings. The average Bonchev–Trinajstić information content (AvgIpc) is 2.28. The summed E-state index contributed by atoms with van der Waals surface area (Å²) in [5.74, 6) is -1.15. The Morgan fingerprint density at radius 2 is 1.81 bits per heavy atom. The predicted molar refractivity (Wildman–Crippen MR) is 56.6 cm³/mol. The first-order valence-electron chi connectivity index (χ1n) is 4.83. The molecule has 5 nitrogen and oxygen atoms in total. The molecule has 5 heteroatoms. The molecule has 0 atom stereocenters. The number of nitrogens with two attached hydrogens (primary N) is 1. The molecule has 0 bridgehead atoms. The van der Waals surface area contributed by atoms with Crippen LogP contribution in [0.1, 0.15) is 12.0 Å². The standard InChI is InChI=1S/C11H13NO4/c12-7-11(15)16-10(14)6-3-8-1-4-9(13)5-2-8/h1-2,4-5,13H,3,6-7,12H2. The van der Waals surface area contributed by atoms with Gasteiger partial charge in [0.25, 0.3) is 0 Å². The maximum absolute atomic E-state index is 11.1. The van der Waals surface area contributed by atoms with E-state index in [0.717, 1.165) is 5.56 Å². The van der Waals surface area contributed by atoms with Crippen molar-refractivity contribution in [2.24, 2.45) is 5.73 Å². The van der Waals surface area contributed by atoms with Crippen molar-refractivity contribution < 1.29 is 19.4 Å². The summed E-state index contributed by atoms with van der Waals surface area (Å²) in [5, 5.41) is 9.03. The number of carbonyl (C=O) groups is 2. The summed E-state index contributed by atoms with van der Waals surface area (Å²) in [7, 11) is 0. The highest BCUT2D eigenvalue weighted by Gasteiger charge is 2.08. The van der Waals surface area contributed by atoms with Gasteiger partial charge in [0.2, 0.25) is 0 Å². The Morgan fingerprint density at radius 3 is 2.38 bits per heavy atom. The fourth-order valence-electron chi connectivity index (χ4n) is 1.13. The van der Waals surface area contributed by atoms with E-state index in [2.05, 4.69) is 4.74 Å². The highest BCUT2D eigenvalue weighted by molar-refractivity contribution is 5.86. The Morgan fingerprint density at radius 1 is 1.19 bits per heavy atom. The lowest BCUT2D eigenvalue weighted by Gasteiger charge is -2.02. The molecular weight excluding hydrogens is 210 g/mol. The monoisotopic (exact) mass is 223 g/mol. The van der Waals surface area contributed by atoms with Crippen molar-refractivity contribution in [1.29, 1.82) is 0 Å². The second kappa shape index (κ2) is 5.87. The molecule has 0 fully saturated rings. The molecule has 86 valence electrons. The Balaban J connectivity index is 2.37. The minimum absolute atomic E-state index is 0.108. The molecule has 0 saturated carbocycles. The lowest BCUT2D eigenvalue weighted by molar-refractivity contribution is -0.158. The molecule has 0 saturated heterocycles. The lowest BCUT2D eigenvalue weighted by Crippen LogP contribution is -2.20. The summed E-state index contributed by atoms with van der Waals surface area (Å²) in [6, 6.07) is 6.47. The molecule has 1 rings (SSSR count). The van der Waals surface area contributed by atoms with Gasteiger partial charge < -0.3 is 15.6 Å². The topological polar surface area (TPSA) is 89.6 Å². The fourth-order valence-corrected chi connectivity index (χ4v) is 1.13. The maximum atomic E-state index is 11.1. The van der Waals surface area contributed by atoms with Crippen LogP contribution in [-0.2, 0) is 20.7 Å². The zero-order valence-electron chi connectivity index (χ0n) is 8.68. The molecule has 0 heterocycles. The molecular formula is C11H13NO4. The third-order valence-corrected chi connectivity index (χ3v) is 1.95. The van der Waals surface area contributed by atoms with Crippen LogP contribution in [0, 0.1) is 0 Å². The number of esters is 2. The quantitative estimate of drug-likeness (QED) is 0.568. The van der Waals surface area contributed by atoms with E-state index in [9.17, 15) is 9.59 Å². The Bertz CT molecular complexity index is 372. The lowest BCUT2D eigenvalue weighted by atomic mass is 10.1. The number of hydrogen-bond acceptors (Lipinski definition) is 5. The van der Waals surface area contributed by atoms with Crippen LogP contribution in [0.4, 0.5) is 0 Å². The highest BCUT2D eigenvalue weighted by atomic mass is 16.6. The van der Waals surface area contributed by atoms with Crippen molar-refractivity contribution in [3.63, 3.8) is 0 Å². The molecule has 3 N–H and O–H groups in total. The molecule has 0 spiro atoms. The second-order valence-corrected chi connectivity index (χ2v) is 3.22. The third-order valence-electron chi connectivity index (χ3n) is 1.95. The van der Waals surface area contributed by atoms with Crippen LogP contribution in [0.5, 0.6) is 5.75 Å². The maximum Gasteiger partial charge on any atom is 0.327 e. The van der Waals surface area contributed by atoms with E-state index in [-0.39, 0.29) is 18.7 Å². The first-order valence-corrected chi connectivity index (χ1v) is 4.83. The number of hydrogen-bond donors (Lipinski definition) is 2. The summed E-state index contributed by atoms with van der Waals surface area (Å²) >= 11 is 0. The molecule has 0 radical (unpaired) electrons. The number of phenolic OH excluding ortho intramolecular Hbond substituents is 1. The van der Waals surface area contributed by atoms with Crippen molar-refractivity contribution in [2.75, 3.05) is 6.54 Å². The number of benzene rings is 1. The summed E-state index contributed by atoms with van der Waals surface area (Å²) in [4.78, 5) is 21.8. The number of ether oxygens (including phenoxy) is 1. The third kappa shape index (κ3) is 4.10. The number of aryl methyl sites for hydroxylation is 1. The van der Waals surface area contributed by atoms with Crippen LogP contribution >= 0.6 is 0 Å². The minimum atomic E-state index is -0.726. The van der Waals surface area contributed by atoms with Crippen molar-refractivity contribution in [1.82, 2.24) is 0 Å². The summed E-state index contributed by atoms with van der Waals surface area (Å²) < 4.78 is 4.39. The Labute approximate surface area is 92.8 Å². The van der Waals surface area contributed by atoms with Gasteiger partial charge in [-0.2, -0.15) is 0 Å². The van der Waals surface area contributed by atoms with Gasteiger partial charge in [0.05, 0.1) is 13.0 Å². The number of rotatable bonds is 4. The largest absolute Gasteiger partial charge is 0.508 e. The van der Waals surface area contributed by atoms with Gasteiger partial charge in [-0.25, -0.2) is 0 Å². The molecule has 0 aromatic heterocycles. The van der Waals surface area contributed by atoms with E-state index in [1.807, 2.05) is 0 Å². The second-order valence-electron chi connectivity index (χ2n) is 3.22. The zero-order chi connectivity index (χ0) is 12.0. The van der Waals surface area contributed by atoms with Crippen LogP contribution in [-0.4, -0.2) is 23.6 Å². The predicted octanol–water partition coefficient (Wildman–Crippen LogP) is 0.353. The molecule has 1 aromatic carbocycles. The van der Waals surface area contributed by atoms with E-state index in [4.69, 9.17) is 10.8 Å². The highest BCUT2D eigenvalue weighted by Crippen LogP contribution is 2.11. The van der Waals surface area contributed by atoms with Crippen molar-refractivity contribution in [3.05, 3.63) is 29.8 Å². The average molecular weight is 223 g/mol. The molecule has 0 unspecified atom stereocenters. The molecule has 0 aliphatic carbocycles. The Hall–Kier alpha value is -1.88. The summed E-state index contributed by atoms with van der Waals surface area (Å²) in [6.45, 7) is -0.301. The van der Waals surface area contributed by atoms with Crippen molar-refractivity contribution in [3.8, 4) is 5.75 Å². The van der Waals surface area contributed by atoms with E-state index >= 15 is 0 Å². The number of aromatic hydroxyl groups is 1. The van der Waals surface area contributed by atoms with Gasteiger partial charge in [-0.3, -0.25) is 9.59 Å². The normalized spacial score (nSPS) is 9.81. The summed E-state index contributed by atoms with van der Waals surface area (Å²) in [5.41, 5.74) is 5.87. The van der Waals surface area contributed by atoms with Gasteiger partial charge in [-0.1, -0.05) is 12.1 Å². The van der Waals surface area contributed by atoms with Gasteiger partial charge in [0, 0.05) is 0 Å². The molecule has 0 amide bonds. The number of carbonyl (C=O) groups excluding carboxylic acids is 2. The van der Waals surface area contributed by atoms with Crippen molar-refractivity contribution >= 4 is 11.9 Å². The van der Waals surface area contributed by atoms with Crippen LogP contribution in [0.2, 0.25) is 0 Å². The van der Waals surface area contributed by atoms with E-state index in [0.29, 0.717) is 6.42 Å².